The highest BCUT2D eigenvalue weighted by atomic mass is 32.2. The molecule has 1 aliphatic heterocycles. The first kappa shape index (κ1) is 19.0. The fourth-order valence-electron chi connectivity index (χ4n) is 3.56. The summed E-state index contributed by atoms with van der Waals surface area (Å²) in [7, 11) is 1.62. The number of aryl methyl sites for hydroxylation is 1. The second-order valence-corrected chi connectivity index (χ2v) is 8.23. The van der Waals surface area contributed by atoms with Gasteiger partial charge in [0.15, 0.2) is 0 Å². The van der Waals surface area contributed by atoms with E-state index in [4.69, 9.17) is 4.74 Å². The van der Waals surface area contributed by atoms with Crippen molar-refractivity contribution in [3.8, 4) is 0 Å². The van der Waals surface area contributed by atoms with Crippen molar-refractivity contribution in [3.05, 3.63) is 40.3 Å². The smallest absolute Gasteiger partial charge is 0.257 e. The van der Waals surface area contributed by atoms with Gasteiger partial charge in [0.05, 0.1) is 11.5 Å². The zero-order chi connectivity index (χ0) is 18.5. The number of fused-ring (bicyclic) bond motifs is 1. The molecule has 26 heavy (non-hydrogen) atoms. The van der Waals surface area contributed by atoms with E-state index >= 15 is 0 Å². The third-order valence-electron chi connectivity index (χ3n) is 4.92. The Labute approximate surface area is 158 Å². The molecule has 0 spiro atoms. The van der Waals surface area contributed by atoms with Crippen molar-refractivity contribution >= 4 is 29.7 Å². The molecule has 0 aromatic heterocycles. The van der Waals surface area contributed by atoms with Crippen LogP contribution in [0, 0.1) is 12.8 Å². The lowest BCUT2D eigenvalue weighted by Crippen LogP contribution is -2.51. The zero-order valence-corrected chi connectivity index (χ0v) is 16.1. The average molecular weight is 375 g/mol. The average Bonchev–Trinajstić information content (AvgIpc) is 2.62. The van der Waals surface area contributed by atoms with Gasteiger partial charge in [-0.05, 0) is 37.8 Å². The van der Waals surface area contributed by atoms with E-state index in [2.05, 4.69) is 16.7 Å². The Morgan fingerprint density at radius 2 is 2.27 bits per heavy atom. The lowest BCUT2D eigenvalue weighted by molar-refractivity contribution is -0.127. The Morgan fingerprint density at radius 3 is 3.04 bits per heavy atom. The van der Waals surface area contributed by atoms with Gasteiger partial charge in [-0.1, -0.05) is 29.8 Å². The molecule has 140 valence electrons. The summed E-state index contributed by atoms with van der Waals surface area (Å²) >= 11 is 1.66. The number of ether oxygens (including phenoxy) is 1. The Kier molecular flexibility index (Phi) is 6.38. The minimum Gasteiger partial charge on any atom is -0.383 e. The minimum atomic E-state index is -0.0312. The Bertz CT molecular complexity index is 704. The molecule has 1 aliphatic carbocycles. The lowest BCUT2D eigenvalue weighted by atomic mass is 9.84. The number of nitrogens with one attached hydrogen (secondary N) is 2. The van der Waals surface area contributed by atoms with E-state index in [1.807, 2.05) is 31.2 Å². The molecule has 1 saturated heterocycles. The van der Waals surface area contributed by atoms with Gasteiger partial charge in [-0.2, -0.15) is 0 Å². The molecule has 5 nitrogen and oxygen atoms in total. The molecule has 3 rings (SSSR count). The van der Waals surface area contributed by atoms with Crippen LogP contribution >= 0.6 is 11.8 Å². The number of amides is 2. The van der Waals surface area contributed by atoms with Gasteiger partial charge >= 0.3 is 0 Å². The maximum Gasteiger partial charge on any atom is 0.257 e. The van der Waals surface area contributed by atoms with Gasteiger partial charge in [-0.15, -0.1) is 11.8 Å². The van der Waals surface area contributed by atoms with Crippen LogP contribution in [0.1, 0.15) is 30.4 Å². The van der Waals surface area contributed by atoms with Crippen molar-refractivity contribution in [2.24, 2.45) is 5.92 Å². The number of benzene rings is 1. The first-order valence-electron chi connectivity index (χ1n) is 9.09. The van der Waals surface area contributed by atoms with Crippen LogP contribution in [0.5, 0.6) is 0 Å². The normalized spacial score (nSPS) is 26.9. The topological polar surface area (TPSA) is 67.4 Å². The standard InChI is InChI=1S/C20H26N2O3S/c1-13-4-3-5-14(10-13)11-18-20(24)22-16-12-15(6-7-17(16)26-18)19(23)21-8-9-25-2/h3-5,10-11,15-17H,6-9,12H2,1-2H3,(H,21,23)(H,22,24)/b18-11+. The molecule has 2 aliphatic rings. The molecule has 2 amide bonds. The van der Waals surface area contributed by atoms with E-state index in [1.54, 1.807) is 18.9 Å². The van der Waals surface area contributed by atoms with Gasteiger partial charge in [-0.3, -0.25) is 9.59 Å². The van der Waals surface area contributed by atoms with Crippen LogP contribution in [0.15, 0.2) is 29.2 Å². The van der Waals surface area contributed by atoms with Crippen molar-refractivity contribution in [3.63, 3.8) is 0 Å². The van der Waals surface area contributed by atoms with Crippen LogP contribution < -0.4 is 10.6 Å². The molecule has 0 radical (unpaired) electrons. The monoisotopic (exact) mass is 374 g/mol. The van der Waals surface area contributed by atoms with Crippen molar-refractivity contribution in [2.45, 2.75) is 37.5 Å². The molecule has 1 aromatic carbocycles. The molecule has 3 unspecified atom stereocenters. The van der Waals surface area contributed by atoms with Gasteiger partial charge < -0.3 is 15.4 Å². The Hall–Kier alpha value is -1.79. The van der Waals surface area contributed by atoms with Gasteiger partial charge in [0.2, 0.25) is 5.91 Å². The maximum atomic E-state index is 12.5. The number of thioether (sulfide) groups is 1. The lowest BCUT2D eigenvalue weighted by Gasteiger charge is -2.39. The van der Waals surface area contributed by atoms with Crippen molar-refractivity contribution < 1.29 is 14.3 Å². The highest BCUT2D eigenvalue weighted by Gasteiger charge is 2.39. The van der Waals surface area contributed by atoms with Gasteiger partial charge in [0.1, 0.15) is 0 Å². The van der Waals surface area contributed by atoms with Gasteiger partial charge in [0, 0.05) is 30.9 Å². The summed E-state index contributed by atoms with van der Waals surface area (Å²) in [6.07, 6.45) is 4.47. The number of rotatable bonds is 5. The van der Waals surface area contributed by atoms with E-state index in [0.29, 0.717) is 24.8 Å². The van der Waals surface area contributed by atoms with Crippen LogP contribution in [0.2, 0.25) is 0 Å². The highest BCUT2D eigenvalue weighted by Crippen LogP contribution is 2.39. The van der Waals surface area contributed by atoms with Crippen LogP contribution in [0.4, 0.5) is 0 Å². The molecule has 3 atom stereocenters. The van der Waals surface area contributed by atoms with E-state index < -0.39 is 0 Å². The van der Waals surface area contributed by atoms with Crippen molar-refractivity contribution in [1.29, 1.82) is 0 Å². The summed E-state index contributed by atoms with van der Waals surface area (Å²) in [4.78, 5) is 25.5. The summed E-state index contributed by atoms with van der Waals surface area (Å²) in [6.45, 7) is 3.10. The maximum absolute atomic E-state index is 12.5. The largest absolute Gasteiger partial charge is 0.383 e. The van der Waals surface area contributed by atoms with Crippen LogP contribution in [0.25, 0.3) is 6.08 Å². The Balaban J connectivity index is 1.61. The first-order valence-corrected chi connectivity index (χ1v) is 9.97. The minimum absolute atomic E-state index is 0.0294. The van der Waals surface area contributed by atoms with E-state index in [0.717, 1.165) is 23.3 Å². The molecule has 1 saturated carbocycles. The van der Waals surface area contributed by atoms with Crippen LogP contribution in [-0.2, 0) is 14.3 Å². The molecule has 1 heterocycles. The van der Waals surface area contributed by atoms with E-state index in [1.165, 1.54) is 5.56 Å². The molecule has 2 fully saturated rings. The third-order valence-corrected chi connectivity index (χ3v) is 6.35. The van der Waals surface area contributed by atoms with Crippen molar-refractivity contribution in [2.75, 3.05) is 20.3 Å². The molecule has 6 heteroatoms. The fraction of sp³-hybridized carbons (Fsp3) is 0.500. The SMILES string of the molecule is COCCNC(=O)C1CCC2S/C(=C/c3cccc(C)c3)C(=O)NC2C1. The summed E-state index contributed by atoms with van der Waals surface area (Å²) in [6, 6.07) is 8.21. The number of carbonyl (C=O) groups is 2. The second kappa shape index (κ2) is 8.73. The van der Waals surface area contributed by atoms with Gasteiger partial charge in [-0.25, -0.2) is 0 Å². The zero-order valence-electron chi connectivity index (χ0n) is 15.3. The van der Waals surface area contributed by atoms with E-state index in [9.17, 15) is 9.59 Å². The Morgan fingerprint density at radius 1 is 1.42 bits per heavy atom. The number of hydrogen-bond acceptors (Lipinski definition) is 4. The fourth-order valence-corrected chi connectivity index (χ4v) is 4.86. The number of carbonyl (C=O) groups excluding carboxylic acids is 2. The summed E-state index contributed by atoms with van der Waals surface area (Å²) < 4.78 is 4.97. The van der Waals surface area contributed by atoms with Gasteiger partial charge in [0.25, 0.3) is 5.91 Å². The predicted octanol–water partition coefficient (Wildman–Crippen LogP) is 2.50. The molecule has 1 aromatic rings. The predicted molar refractivity (Wildman–Crippen MR) is 105 cm³/mol. The van der Waals surface area contributed by atoms with Crippen LogP contribution in [0.3, 0.4) is 0 Å². The van der Waals surface area contributed by atoms with Crippen molar-refractivity contribution in [1.82, 2.24) is 10.6 Å². The van der Waals surface area contributed by atoms with E-state index in [-0.39, 0.29) is 23.8 Å². The molecule has 0 bridgehead atoms. The summed E-state index contributed by atoms with van der Waals surface area (Å²) in [5.41, 5.74) is 2.23. The molecular weight excluding hydrogens is 348 g/mol. The molecular formula is C20H26N2O3S. The van der Waals surface area contributed by atoms with Crippen LogP contribution in [-0.4, -0.2) is 43.4 Å². The number of methoxy groups -OCH3 is 1. The quantitative estimate of drug-likeness (QED) is 0.614. The second-order valence-electron chi connectivity index (χ2n) is 6.95. The highest BCUT2D eigenvalue weighted by molar-refractivity contribution is 8.04. The summed E-state index contributed by atoms with van der Waals surface area (Å²) in [5, 5.41) is 6.37. The first-order chi connectivity index (χ1) is 12.6. The number of hydrogen-bond donors (Lipinski definition) is 2. The summed E-state index contributed by atoms with van der Waals surface area (Å²) in [5.74, 6) is 0.00959. The molecule has 2 N–H and O–H groups in total. The third kappa shape index (κ3) is 4.68.